The zero-order valence-electron chi connectivity index (χ0n) is 9.79. The van der Waals surface area contributed by atoms with Crippen LogP contribution in [0.3, 0.4) is 0 Å². The van der Waals surface area contributed by atoms with Crippen LogP contribution in [0.1, 0.15) is 31.9 Å². The van der Waals surface area contributed by atoms with Crippen molar-refractivity contribution in [3.8, 4) is 0 Å². The molecular formula is C12H18N2O. The zero-order chi connectivity index (χ0) is 11.5. The average molecular weight is 206 g/mol. The summed E-state index contributed by atoms with van der Waals surface area (Å²) in [5.74, 6) is 0.0609. The molecule has 0 aliphatic carbocycles. The number of nitrogens with one attached hydrogen (secondary N) is 1. The largest absolute Gasteiger partial charge is 0.352 e. The predicted octanol–water partition coefficient (Wildman–Crippen LogP) is 2.05. The number of carbonyl (C=O) groups is 1. The minimum absolute atomic E-state index is 0.0609. The van der Waals surface area contributed by atoms with Gasteiger partial charge in [-0.1, -0.05) is 20.8 Å². The monoisotopic (exact) mass is 206 g/mol. The predicted molar refractivity (Wildman–Crippen MR) is 60.3 cm³/mol. The smallest absolute Gasteiger partial charge is 0.225 e. The van der Waals surface area contributed by atoms with E-state index in [0.717, 1.165) is 11.1 Å². The lowest BCUT2D eigenvalue weighted by atomic mass is 9.95. The van der Waals surface area contributed by atoms with Gasteiger partial charge in [-0.15, -0.1) is 0 Å². The van der Waals surface area contributed by atoms with E-state index in [4.69, 9.17) is 0 Å². The van der Waals surface area contributed by atoms with Crippen LogP contribution in [0.15, 0.2) is 18.5 Å². The summed E-state index contributed by atoms with van der Waals surface area (Å²) < 4.78 is 0. The number of amides is 1. The van der Waals surface area contributed by atoms with Crippen molar-refractivity contribution in [3.63, 3.8) is 0 Å². The fourth-order valence-electron chi connectivity index (χ4n) is 1.12. The van der Waals surface area contributed by atoms with Gasteiger partial charge in [0.25, 0.3) is 0 Å². The second-order valence-corrected chi connectivity index (χ2v) is 4.73. The molecule has 0 spiro atoms. The Morgan fingerprint density at radius 3 is 2.67 bits per heavy atom. The van der Waals surface area contributed by atoms with Crippen molar-refractivity contribution < 1.29 is 4.79 Å². The molecule has 0 fully saturated rings. The maximum Gasteiger partial charge on any atom is 0.225 e. The standard InChI is InChI=1S/C12H18N2O/c1-9-5-6-13-7-10(9)8-14-11(15)12(2,3)4/h5-7H,8H2,1-4H3,(H,14,15). The molecule has 15 heavy (non-hydrogen) atoms. The van der Waals surface area contributed by atoms with Crippen LogP contribution < -0.4 is 5.32 Å². The van der Waals surface area contributed by atoms with Crippen molar-refractivity contribution >= 4 is 5.91 Å². The third-order valence-corrected chi connectivity index (χ3v) is 2.27. The highest BCUT2D eigenvalue weighted by Crippen LogP contribution is 2.13. The fraction of sp³-hybridized carbons (Fsp3) is 0.500. The zero-order valence-corrected chi connectivity index (χ0v) is 9.79. The molecule has 1 amide bonds. The van der Waals surface area contributed by atoms with E-state index >= 15 is 0 Å². The molecule has 0 radical (unpaired) electrons. The number of hydrogen-bond acceptors (Lipinski definition) is 2. The maximum atomic E-state index is 11.6. The minimum atomic E-state index is -0.337. The molecular weight excluding hydrogens is 188 g/mol. The van der Waals surface area contributed by atoms with E-state index in [2.05, 4.69) is 10.3 Å². The van der Waals surface area contributed by atoms with Gasteiger partial charge in [0.2, 0.25) is 5.91 Å². The van der Waals surface area contributed by atoms with Crippen molar-refractivity contribution in [1.29, 1.82) is 0 Å². The summed E-state index contributed by atoms with van der Waals surface area (Å²) >= 11 is 0. The summed E-state index contributed by atoms with van der Waals surface area (Å²) in [5.41, 5.74) is 1.88. The van der Waals surface area contributed by atoms with E-state index in [-0.39, 0.29) is 11.3 Å². The highest BCUT2D eigenvalue weighted by molar-refractivity contribution is 5.81. The van der Waals surface area contributed by atoms with Crippen molar-refractivity contribution in [2.24, 2.45) is 5.41 Å². The first-order valence-corrected chi connectivity index (χ1v) is 5.09. The average Bonchev–Trinajstić information content (AvgIpc) is 2.14. The summed E-state index contributed by atoms with van der Waals surface area (Å²) in [6.07, 6.45) is 3.54. The van der Waals surface area contributed by atoms with Crippen molar-refractivity contribution in [2.75, 3.05) is 0 Å². The van der Waals surface area contributed by atoms with Crippen LogP contribution in [0.2, 0.25) is 0 Å². The van der Waals surface area contributed by atoms with Gasteiger partial charge in [-0.05, 0) is 24.1 Å². The number of hydrogen-bond donors (Lipinski definition) is 1. The Morgan fingerprint density at radius 1 is 1.47 bits per heavy atom. The lowest BCUT2D eigenvalue weighted by Gasteiger charge is -2.17. The second kappa shape index (κ2) is 4.43. The quantitative estimate of drug-likeness (QED) is 0.804. The van der Waals surface area contributed by atoms with Gasteiger partial charge in [-0.3, -0.25) is 9.78 Å². The van der Waals surface area contributed by atoms with E-state index in [9.17, 15) is 4.79 Å². The molecule has 0 aliphatic heterocycles. The Bertz CT molecular complexity index is 353. The molecule has 1 aromatic heterocycles. The molecule has 1 rings (SSSR count). The van der Waals surface area contributed by atoms with E-state index in [1.807, 2.05) is 33.8 Å². The normalized spacial score (nSPS) is 11.2. The molecule has 0 bridgehead atoms. The molecule has 0 unspecified atom stereocenters. The first kappa shape index (κ1) is 11.7. The van der Waals surface area contributed by atoms with Crippen molar-refractivity contribution in [3.05, 3.63) is 29.6 Å². The fourth-order valence-corrected chi connectivity index (χ4v) is 1.12. The van der Waals surface area contributed by atoms with E-state index < -0.39 is 0 Å². The lowest BCUT2D eigenvalue weighted by Crippen LogP contribution is -2.34. The first-order valence-electron chi connectivity index (χ1n) is 5.09. The van der Waals surface area contributed by atoms with Gasteiger partial charge in [0.1, 0.15) is 0 Å². The van der Waals surface area contributed by atoms with Gasteiger partial charge in [0, 0.05) is 24.4 Å². The first-order chi connectivity index (χ1) is 6.91. The highest BCUT2D eigenvalue weighted by atomic mass is 16.2. The molecule has 0 saturated carbocycles. The third-order valence-electron chi connectivity index (χ3n) is 2.27. The van der Waals surface area contributed by atoms with E-state index in [0.29, 0.717) is 6.54 Å². The molecule has 3 heteroatoms. The van der Waals surface area contributed by atoms with Gasteiger partial charge in [0.05, 0.1) is 0 Å². The number of rotatable bonds is 2. The number of pyridine rings is 1. The molecule has 0 aliphatic rings. The molecule has 1 N–H and O–H groups in total. The third kappa shape index (κ3) is 3.35. The van der Waals surface area contributed by atoms with Crippen LogP contribution in [0, 0.1) is 12.3 Å². The van der Waals surface area contributed by atoms with Crippen LogP contribution in [-0.2, 0) is 11.3 Å². The summed E-state index contributed by atoms with van der Waals surface area (Å²) in [5, 5.41) is 2.90. The number of aromatic nitrogens is 1. The van der Waals surface area contributed by atoms with Crippen LogP contribution in [0.5, 0.6) is 0 Å². The Labute approximate surface area is 90.9 Å². The topological polar surface area (TPSA) is 42.0 Å². The number of carbonyl (C=O) groups excluding carboxylic acids is 1. The van der Waals surface area contributed by atoms with Gasteiger partial charge in [-0.2, -0.15) is 0 Å². The summed E-state index contributed by atoms with van der Waals surface area (Å²) in [7, 11) is 0. The van der Waals surface area contributed by atoms with E-state index in [1.165, 1.54) is 0 Å². The van der Waals surface area contributed by atoms with Crippen LogP contribution in [-0.4, -0.2) is 10.9 Å². The van der Waals surface area contributed by atoms with Gasteiger partial charge < -0.3 is 5.32 Å². The Kier molecular flexibility index (Phi) is 3.45. The Balaban J connectivity index is 2.59. The van der Waals surface area contributed by atoms with Crippen molar-refractivity contribution in [1.82, 2.24) is 10.3 Å². The van der Waals surface area contributed by atoms with Gasteiger partial charge >= 0.3 is 0 Å². The second-order valence-electron chi connectivity index (χ2n) is 4.73. The molecule has 0 atom stereocenters. The maximum absolute atomic E-state index is 11.6. The van der Waals surface area contributed by atoms with Gasteiger partial charge in [-0.25, -0.2) is 0 Å². The SMILES string of the molecule is Cc1ccncc1CNC(=O)C(C)(C)C. The number of nitrogens with zero attached hydrogens (tertiary/aromatic N) is 1. The molecule has 0 aromatic carbocycles. The molecule has 3 nitrogen and oxygen atoms in total. The molecule has 0 saturated heterocycles. The van der Waals surface area contributed by atoms with Crippen LogP contribution in [0.4, 0.5) is 0 Å². The molecule has 82 valence electrons. The summed E-state index contributed by atoms with van der Waals surface area (Å²) in [4.78, 5) is 15.7. The van der Waals surface area contributed by atoms with Crippen LogP contribution >= 0.6 is 0 Å². The Morgan fingerprint density at radius 2 is 2.13 bits per heavy atom. The summed E-state index contributed by atoms with van der Waals surface area (Å²) in [6.45, 7) is 8.27. The van der Waals surface area contributed by atoms with Crippen molar-refractivity contribution in [2.45, 2.75) is 34.2 Å². The number of aryl methyl sites for hydroxylation is 1. The van der Waals surface area contributed by atoms with Gasteiger partial charge in [0.15, 0.2) is 0 Å². The molecule has 1 aromatic rings. The lowest BCUT2D eigenvalue weighted by molar-refractivity contribution is -0.128. The summed E-state index contributed by atoms with van der Waals surface area (Å²) in [6, 6.07) is 1.94. The minimum Gasteiger partial charge on any atom is -0.352 e. The highest BCUT2D eigenvalue weighted by Gasteiger charge is 2.20. The Hall–Kier alpha value is -1.38. The van der Waals surface area contributed by atoms with E-state index in [1.54, 1.807) is 12.4 Å². The van der Waals surface area contributed by atoms with Crippen LogP contribution in [0.25, 0.3) is 0 Å². The molecule has 1 heterocycles.